The highest BCUT2D eigenvalue weighted by atomic mass is 19.1. The molecule has 0 saturated heterocycles. The summed E-state index contributed by atoms with van der Waals surface area (Å²) in [5.41, 5.74) is 0.587. The second-order valence-electron chi connectivity index (χ2n) is 7.39. The van der Waals surface area contributed by atoms with Gasteiger partial charge in [-0.2, -0.15) is 0 Å². The number of aromatic hydroxyl groups is 1. The van der Waals surface area contributed by atoms with Crippen LogP contribution in [0.1, 0.15) is 35.3 Å². The van der Waals surface area contributed by atoms with Crippen molar-refractivity contribution in [3.8, 4) is 5.75 Å². The minimum atomic E-state index is -1.44. The highest BCUT2D eigenvalue weighted by Crippen LogP contribution is 2.34. The minimum Gasteiger partial charge on any atom is -0.505 e. The molecule has 3 rings (SSSR count). The van der Waals surface area contributed by atoms with E-state index in [-0.39, 0.29) is 28.4 Å². The number of benzene rings is 2. The molecular formula is C22H23F2N3O4. The maximum Gasteiger partial charge on any atom is 0.257 e. The van der Waals surface area contributed by atoms with Crippen LogP contribution in [0.3, 0.4) is 0 Å². The molecular weight excluding hydrogens is 408 g/mol. The van der Waals surface area contributed by atoms with E-state index in [0.717, 1.165) is 6.07 Å². The zero-order valence-electron chi connectivity index (χ0n) is 17.2. The summed E-state index contributed by atoms with van der Waals surface area (Å²) in [7, 11) is 3.08. The molecule has 0 saturated carbocycles. The first-order valence-electron chi connectivity index (χ1n) is 9.63. The molecule has 7 nitrogen and oxygen atoms in total. The quantitative estimate of drug-likeness (QED) is 0.503. The van der Waals surface area contributed by atoms with Gasteiger partial charge in [-0.15, -0.1) is 0 Å². The monoisotopic (exact) mass is 431 g/mol. The van der Waals surface area contributed by atoms with E-state index in [1.807, 2.05) is 0 Å². The van der Waals surface area contributed by atoms with Gasteiger partial charge in [0.25, 0.3) is 5.91 Å². The molecule has 2 aromatic carbocycles. The summed E-state index contributed by atoms with van der Waals surface area (Å²) >= 11 is 0. The third kappa shape index (κ3) is 4.36. The number of nitrogens with zero attached hydrogens (tertiary/aromatic N) is 1. The van der Waals surface area contributed by atoms with Crippen LogP contribution in [-0.4, -0.2) is 47.0 Å². The molecule has 9 heteroatoms. The highest BCUT2D eigenvalue weighted by Gasteiger charge is 2.39. The van der Waals surface area contributed by atoms with Crippen molar-refractivity contribution in [3.05, 3.63) is 70.6 Å². The Kier molecular flexibility index (Phi) is 6.26. The number of phenols is 1. The van der Waals surface area contributed by atoms with Crippen molar-refractivity contribution >= 4 is 17.4 Å². The molecule has 1 aliphatic rings. The molecule has 0 radical (unpaired) electrons. The van der Waals surface area contributed by atoms with E-state index in [1.165, 1.54) is 35.2 Å². The molecule has 164 valence electrons. The first kappa shape index (κ1) is 22.2. The predicted molar refractivity (Wildman–Crippen MR) is 110 cm³/mol. The number of carbonyl (C=O) groups is 2. The predicted octanol–water partition coefficient (Wildman–Crippen LogP) is 2.68. The first-order valence-corrected chi connectivity index (χ1v) is 9.63. The van der Waals surface area contributed by atoms with Crippen LogP contribution in [0.2, 0.25) is 0 Å². The van der Waals surface area contributed by atoms with Crippen molar-refractivity contribution in [1.29, 1.82) is 0 Å². The molecule has 0 bridgehead atoms. The van der Waals surface area contributed by atoms with Gasteiger partial charge in [-0.1, -0.05) is 13.0 Å². The fourth-order valence-corrected chi connectivity index (χ4v) is 3.32. The Morgan fingerprint density at radius 2 is 1.84 bits per heavy atom. The lowest BCUT2D eigenvalue weighted by atomic mass is 9.92. The van der Waals surface area contributed by atoms with E-state index in [9.17, 15) is 28.6 Å². The molecule has 0 aromatic heterocycles. The molecule has 4 N–H and O–H groups in total. The molecule has 0 aliphatic heterocycles. The van der Waals surface area contributed by atoms with Crippen LogP contribution >= 0.6 is 0 Å². The van der Waals surface area contributed by atoms with Gasteiger partial charge in [-0.3, -0.25) is 9.59 Å². The summed E-state index contributed by atoms with van der Waals surface area (Å²) in [6.07, 6.45) is -1.03. The number of Topliss-reactive ketones (excluding diaryl/α,β-unsaturated/α-hetero) is 1. The fourth-order valence-electron chi connectivity index (χ4n) is 3.32. The first-order chi connectivity index (χ1) is 14.6. The van der Waals surface area contributed by atoms with E-state index < -0.39 is 35.5 Å². The number of rotatable bonds is 7. The number of aliphatic hydroxyl groups excluding tert-OH is 1. The Balaban J connectivity index is 1.91. The van der Waals surface area contributed by atoms with Gasteiger partial charge < -0.3 is 25.7 Å². The van der Waals surface area contributed by atoms with Gasteiger partial charge in [0, 0.05) is 20.2 Å². The summed E-state index contributed by atoms with van der Waals surface area (Å²) < 4.78 is 27.2. The topological polar surface area (TPSA) is 102 Å². The Morgan fingerprint density at radius 1 is 1.19 bits per heavy atom. The lowest BCUT2D eigenvalue weighted by molar-refractivity contribution is -0.124. The van der Waals surface area contributed by atoms with Gasteiger partial charge in [-0.25, -0.2) is 8.78 Å². The van der Waals surface area contributed by atoms with Crippen LogP contribution in [0, 0.1) is 11.6 Å². The van der Waals surface area contributed by atoms with Crippen molar-refractivity contribution in [2.75, 3.05) is 19.4 Å². The normalized spacial score (nSPS) is 16.6. The van der Waals surface area contributed by atoms with E-state index in [2.05, 4.69) is 10.6 Å². The maximum absolute atomic E-state index is 13.6. The highest BCUT2D eigenvalue weighted by molar-refractivity contribution is 6.11. The van der Waals surface area contributed by atoms with Crippen LogP contribution in [0.5, 0.6) is 5.75 Å². The van der Waals surface area contributed by atoms with Gasteiger partial charge >= 0.3 is 0 Å². The lowest BCUT2D eigenvalue weighted by Gasteiger charge is -2.33. The second-order valence-corrected chi connectivity index (χ2v) is 7.39. The zero-order valence-corrected chi connectivity index (χ0v) is 17.2. The van der Waals surface area contributed by atoms with Crippen molar-refractivity contribution < 1.29 is 28.6 Å². The largest absolute Gasteiger partial charge is 0.505 e. The zero-order chi connectivity index (χ0) is 22.9. The number of phenolic OH excluding ortho intramolecular Hbond substituents is 1. The van der Waals surface area contributed by atoms with Crippen molar-refractivity contribution in [3.63, 3.8) is 0 Å². The van der Waals surface area contributed by atoms with Crippen LogP contribution in [0.25, 0.3) is 0 Å². The number of carbonyl (C=O) groups excluding carboxylic acids is 2. The van der Waals surface area contributed by atoms with Gasteiger partial charge in [0.2, 0.25) is 5.78 Å². The average molecular weight is 431 g/mol. The third-order valence-corrected chi connectivity index (χ3v) is 5.00. The van der Waals surface area contributed by atoms with Gasteiger partial charge in [0.05, 0.1) is 23.0 Å². The fraction of sp³-hybridized carbons (Fsp3) is 0.273. The second kappa shape index (κ2) is 8.73. The molecule has 2 aromatic rings. The number of amides is 1. The molecule has 1 amide bonds. The molecule has 0 heterocycles. The third-order valence-electron chi connectivity index (χ3n) is 5.00. The number of aliphatic hydroxyl groups is 1. The molecule has 1 aliphatic carbocycles. The van der Waals surface area contributed by atoms with Gasteiger partial charge in [0.15, 0.2) is 11.9 Å². The van der Waals surface area contributed by atoms with Crippen LogP contribution in [0.15, 0.2) is 47.8 Å². The Labute approximate surface area is 178 Å². The maximum atomic E-state index is 13.6. The van der Waals surface area contributed by atoms with Crippen molar-refractivity contribution in [1.82, 2.24) is 10.2 Å². The van der Waals surface area contributed by atoms with E-state index in [4.69, 9.17) is 0 Å². The number of nitrogens with one attached hydrogen (secondary N) is 2. The van der Waals surface area contributed by atoms with Crippen LogP contribution < -0.4 is 10.6 Å². The number of hydrogen-bond donors (Lipinski definition) is 4. The minimum absolute atomic E-state index is 0.00687. The van der Waals surface area contributed by atoms with Crippen molar-refractivity contribution in [2.24, 2.45) is 0 Å². The summed E-state index contributed by atoms with van der Waals surface area (Å²) in [5.74, 6) is -2.86. The smallest absolute Gasteiger partial charge is 0.257 e. The van der Waals surface area contributed by atoms with Crippen LogP contribution in [-0.2, 0) is 4.79 Å². The summed E-state index contributed by atoms with van der Waals surface area (Å²) in [4.78, 5) is 25.8. The number of halogens is 2. The van der Waals surface area contributed by atoms with E-state index >= 15 is 0 Å². The Hall–Kier alpha value is -3.46. The molecule has 0 fully saturated rings. The molecule has 0 spiro atoms. The lowest BCUT2D eigenvalue weighted by Crippen LogP contribution is -2.46. The molecule has 31 heavy (non-hydrogen) atoms. The van der Waals surface area contributed by atoms with E-state index in [1.54, 1.807) is 21.0 Å². The average Bonchev–Trinajstić information content (AvgIpc) is 2.72. The summed E-state index contributed by atoms with van der Waals surface area (Å²) in [5, 5.41) is 26.3. The Morgan fingerprint density at radius 3 is 2.42 bits per heavy atom. The number of para-hydroxylation sites is 1. The van der Waals surface area contributed by atoms with E-state index in [0.29, 0.717) is 12.0 Å². The number of hydrogen-bond acceptors (Lipinski definition) is 6. The molecule has 2 atom stereocenters. The number of ketones is 1. The van der Waals surface area contributed by atoms with Gasteiger partial charge in [0.1, 0.15) is 17.3 Å². The summed E-state index contributed by atoms with van der Waals surface area (Å²) in [6.45, 7) is 1.78. The Bertz CT molecular complexity index is 1050. The number of anilines is 1. The van der Waals surface area contributed by atoms with Crippen LogP contribution in [0.4, 0.5) is 14.5 Å². The summed E-state index contributed by atoms with van der Waals surface area (Å²) in [6, 6.07) is 6.99. The van der Waals surface area contributed by atoms with Gasteiger partial charge in [-0.05, 0) is 36.2 Å². The standard InChI is InChI=1S/C22H23F2N3O4/c1-4-15(11-8-12(23)10-13(24)9-11)25-17-18(21(30)20(17)29)26-16-7-5-6-14(19(16)28)22(31)27(2)3/h5-10,15,20,25-26,28-29H,4H2,1-3H3. The van der Waals surface area contributed by atoms with Crippen molar-refractivity contribution in [2.45, 2.75) is 25.5 Å². The molecule has 2 unspecified atom stereocenters. The SMILES string of the molecule is CCC(NC1=C(Nc2cccc(C(=O)N(C)C)c2O)C(=O)C1O)c1cc(F)cc(F)c1.